The van der Waals surface area contributed by atoms with Crippen molar-refractivity contribution in [1.82, 2.24) is 25.3 Å². The SMILES string of the molecule is CCC(C(=O)NCc1cc2n(n1)CCNC2)N1Cc2ccccc2C1=O. The molecule has 1 unspecified atom stereocenters. The minimum absolute atomic E-state index is 0.0638. The number of rotatable bonds is 5. The maximum Gasteiger partial charge on any atom is 0.255 e. The first-order valence-corrected chi connectivity index (χ1v) is 9.10. The molecule has 1 atom stereocenters. The lowest BCUT2D eigenvalue weighted by atomic mass is 10.1. The number of carbonyl (C=O) groups is 2. The first-order valence-electron chi connectivity index (χ1n) is 9.10. The maximum atomic E-state index is 12.7. The lowest BCUT2D eigenvalue weighted by Crippen LogP contribution is -2.46. The molecule has 0 saturated carbocycles. The normalized spacial score (nSPS) is 17.0. The Morgan fingerprint density at radius 2 is 2.23 bits per heavy atom. The highest BCUT2D eigenvalue weighted by Gasteiger charge is 2.35. The van der Waals surface area contributed by atoms with E-state index in [-0.39, 0.29) is 11.8 Å². The number of fused-ring (bicyclic) bond motifs is 2. The highest BCUT2D eigenvalue weighted by Crippen LogP contribution is 2.25. The van der Waals surface area contributed by atoms with Crippen LogP contribution in [0.3, 0.4) is 0 Å². The van der Waals surface area contributed by atoms with Crippen molar-refractivity contribution in [3.63, 3.8) is 0 Å². The van der Waals surface area contributed by atoms with Gasteiger partial charge in [-0.2, -0.15) is 5.10 Å². The molecule has 2 aromatic rings. The molecule has 3 heterocycles. The number of carbonyl (C=O) groups excluding carboxylic acids is 2. The molecular formula is C19H23N5O2. The van der Waals surface area contributed by atoms with Gasteiger partial charge >= 0.3 is 0 Å². The van der Waals surface area contributed by atoms with Gasteiger partial charge < -0.3 is 15.5 Å². The van der Waals surface area contributed by atoms with Crippen LogP contribution in [-0.4, -0.2) is 39.1 Å². The van der Waals surface area contributed by atoms with E-state index < -0.39 is 6.04 Å². The highest BCUT2D eigenvalue weighted by atomic mass is 16.2. The molecule has 1 aromatic heterocycles. The third kappa shape index (κ3) is 2.99. The summed E-state index contributed by atoms with van der Waals surface area (Å²) in [6.45, 7) is 5.37. The highest BCUT2D eigenvalue weighted by molar-refractivity contribution is 6.01. The fourth-order valence-electron chi connectivity index (χ4n) is 3.71. The summed E-state index contributed by atoms with van der Waals surface area (Å²) in [5, 5.41) is 10.8. The van der Waals surface area contributed by atoms with E-state index in [2.05, 4.69) is 15.7 Å². The Kier molecular flexibility index (Phi) is 4.46. The summed E-state index contributed by atoms with van der Waals surface area (Å²) < 4.78 is 1.98. The van der Waals surface area contributed by atoms with E-state index >= 15 is 0 Å². The first kappa shape index (κ1) is 16.8. The smallest absolute Gasteiger partial charge is 0.255 e. The summed E-state index contributed by atoms with van der Waals surface area (Å²) in [7, 11) is 0. The van der Waals surface area contributed by atoms with E-state index in [0.717, 1.165) is 36.6 Å². The molecule has 0 saturated heterocycles. The molecule has 136 valence electrons. The number of benzene rings is 1. The molecule has 0 aliphatic carbocycles. The zero-order chi connectivity index (χ0) is 18.1. The second kappa shape index (κ2) is 6.92. The van der Waals surface area contributed by atoms with Crippen LogP contribution in [0.1, 0.15) is 40.7 Å². The van der Waals surface area contributed by atoms with Crippen molar-refractivity contribution < 1.29 is 9.59 Å². The number of nitrogens with one attached hydrogen (secondary N) is 2. The largest absolute Gasteiger partial charge is 0.349 e. The van der Waals surface area contributed by atoms with Crippen LogP contribution < -0.4 is 10.6 Å². The topological polar surface area (TPSA) is 79.3 Å². The third-order valence-corrected chi connectivity index (χ3v) is 5.08. The van der Waals surface area contributed by atoms with Gasteiger partial charge in [0.05, 0.1) is 24.5 Å². The molecular weight excluding hydrogens is 330 g/mol. The average Bonchev–Trinajstić information content (AvgIpc) is 3.22. The van der Waals surface area contributed by atoms with Gasteiger partial charge in [0.2, 0.25) is 5.91 Å². The molecule has 2 aliphatic heterocycles. The van der Waals surface area contributed by atoms with Crippen LogP contribution in [0.5, 0.6) is 0 Å². The number of hydrogen-bond acceptors (Lipinski definition) is 4. The minimum Gasteiger partial charge on any atom is -0.349 e. The number of hydrogen-bond donors (Lipinski definition) is 2. The summed E-state index contributed by atoms with van der Waals surface area (Å²) in [6, 6.07) is 9.11. The molecule has 2 N–H and O–H groups in total. The summed E-state index contributed by atoms with van der Waals surface area (Å²) in [6.07, 6.45) is 0.579. The van der Waals surface area contributed by atoms with E-state index in [1.165, 1.54) is 0 Å². The molecule has 1 aromatic carbocycles. The van der Waals surface area contributed by atoms with E-state index in [4.69, 9.17) is 0 Å². The quantitative estimate of drug-likeness (QED) is 0.842. The molecule has 0 bridgehead atoms. The lowest BCUT2D eigenvalue weighted by molar-refractivity contribution is -0.126. The van der Waals surface area contributed by atoms with E-state index in [1.54, 1.807) is 4.90 Å². The predicted molar refractivity (Wildman–Crippen MR) is 96.2 cm³/mol. The Morgan fingerprint density at radius 1 is 1.38 bits per heavy atom. The van der Waals surface area contributed by atoms with Crippen LogP contribution in [0.15, 0.2) is 30.3 Å². The fraction of sp³-hybridized carbons (Fsp3) is 0.421. The lowest BCUT2D eigenvalue weighted by Gasteiger charge is -2.25. The van der Waals surface area contributed by atoms with Gasteiger partial charge in [0.15, 0.2) is 0 Å². The fourth-order valence-corrected chi connectivity index (χ4v) is 3.71. The predicted octanol–water partition coefficient (Wildman–Crippen LogP) is 1.04. The zero-order valence-electron chi connectivity index (χ0n) is 14.9. The van der Waals surface area contributed by atoms with Gasteiger partial charge in [0.1, 0.15) is 6.04 Å². The molecule has 2 aliphatic rings. The third-order valence-electron chi connectivity index (χ3n) is 5.08. The van der Waals surface area contributed by atoms with Gasteiger partial charge in [-0.3, -0.25) is 14.3 Å². The molecule has 0 fully saturated rings. The maximum absolute atomic E-state index is 12.7. The Labute approximate surface area is 152 Å². The Bertz CT molecular complexity index is 821. The van der Waals surface area contributed by atoms with Crippen molar-refractivity contribution in [2.45, 2.75) is 45.6 Å². The number of amides is 2. The van der Waals surface area contributed by atoms with Gasteiger partial charge in [-0.1, -0.05) is 25.1 Å². The second-order valence-electron chi connectivity index (χ2n) is 6.76. The van der Waals surface area contributed by atoms with Crippen molar-refractivity contribution in [2.75, 3.05) is 6.54 Å². The molecule has 26 heavy (non-hydrogen) atoms. The van der Waals surface area contributed by atoms with Crippen LogP contribution in [-0.2, 0) is 31.0 Å². The monoisotopic (exact) mass is 353 g/mol. The van der Waals surface area contributed by atoms with Crippen molar-refractivity contribution in [3.05, 3.63) is 52.8 Å². The van der Waals surface area contributed by atoms with Crippen LogP contribution in [0.2, 0.25) is 0 Å². The minimum atomic E-state index is -0.464. The van der Waals surface area contributed by atoms with Gasteiger partial charge in [-0.15, -0.1) is 0 Å². The van der Waals surface area contributed by atoms with Crippen molar-refractivity contribution in [2.24, 2.45) is 0 Å². The van der Waals surface area contributed by atoms with Crippen LogP contribution >= 0.6 is 0 Å². The molecule has 7 nitrogen and oxygen atoms in total. The zero-order valence-corrected chi connectivity index (χ0v) is 14.9. The van der Waals surface area contributed by atoms with Gasteiger partial charge in [-0.25, -0.2) is 0 Å². The van der Waals surface area contributed by atoms with Gasteiger partial charge in [-0.05, 0) is 24.1 Å². The Morgan fingerprint density at radius 3 is 3.00 bits per heavy atom. The Hall–Kier alpha value is -2.67. The molecule has 0 radical (unpaired) electrons. The van der Waals surface area contributed by atoms with Gasteiger partial charge in [0, 0.05) is 25.2 Å². The first-order chi connectivity index (χ1) is 12.7. The summed E-state index contributed by atoms with van der Waals surface area (Å²) in [5.74, 6) is -0.191. The summed E-state index contributed by atoms with van der Waals surface area (Å²) >= 11 is 0. The van der Waals surface area contributed by atoms with E-state index in [9.17, 15) is 9.59 Å². The van der Waals surface area contributed by atoms with E-state index in [1.807, 2.05) is 41.9 Å². The average molecular weight is 353 g/mol. The van der Waals surface area contributed by atoms with Crippen molar-refractivity contribution in [1.29, 1.82) is 0 Å². The van der Waals surface area contributed by atoms with Gasteiger partial charge in [0.25, 0.3) is 5.91 Å². The Balaban J connectivity index is 1.42. The standard InChI is InChI=1S/C19H23N5O2/c1-2-17(23-12-13-5-3-4-6-16(13)19(23)26)18(25)21-10-14-9-15-11-20-7-8-24(15)22-14/h3-6,9,17,20H,2,7-8,10-12H2,1H3,(H,21,25). The van der Waals surface area contributed by atoms with Crippen LogP contribution in [0.25, 0.3) is 0 Å². The van der Waals surface area contributed by atoms with Crippen molar-refractivity contribution in [3.8, 4) is 0 Å². The molecule has 4 rings (SSSR count). The molecule has 2 amide bonds. The molecule has 7 heteroatoms. The summed E-state index contributed by atoms with van der Waals surface area (Å²) in [5.41, 5.74) is 3.67. The van der Waals surface area contributed by atoms with Crippen LogP contribution in [0, 0.1) is 0 Å². The number of nitrogens with zero attached hydrogens (tertiary/aromatic N) is 3. The number of aromatic nitrogens is 2. The van der Waals surface area contributed by atoms with E-state index in [0.29, 0.717) is 25.1 Å². The molecule has 0 spiro atoms. The summed E-state index contributed by atoms with van der Waals surface area (Å²) in [4.78, 5) is 27.0. The van der Waals surface area contributed by atoms with Crippen LogP contribution in [0.4, 0.5) is 0 Å². The second-order valence-corrected chi connectivity index (χ2v) is 6.76. The van der Waals surface area contributed by atoms with Crippen molar-refractivity contribution >= 4 is 11.8 Å².